The Morgan fingerprint density at radius 3 is 2.49 bits per heavy atom. The van der Waals surface area contributed by atoms with E-state index in [9.17, 15) is 9.59 Å². The Bertz CT molecular complexity index is 1930. The summed E-state index contributed by atoms with van der Waals surface area (Å²) in [4.78, 5) is 35.6. The summed E-state index contributed by atoms with van der Waals surface area (Å²) in [5, 5.41) is 1.91. The van der Waals surface area contributed by atoms with Crippen LogP contribution >= 0.6 is 56.5 Å². The van der Waals surface area contributed by atoms with Crippen LogP contribution in [0.25, 0.3) is 16.8 Å². The molecule has 1 aliphatic rings. The first kappa shape index (κ1) is 31.5. The Hall–Kier alpha value is -2.97. The monoisotopic (exact) mass is 819 g/mol. The molecule has 0 unspecified atom stereocenters. The van der Waals surface area contributed by atoms with Crippen molar-refractivity contribution in [2.45, 2.75) is 26.8 Å². The smallest absolute Gasteiger partial charge is 0.271 e. The number of fused-ring (bicyclic) bond motifs is 2. The molecular formula is C33H31I2N3O4S. The normalized spacial score (nSPS) is 14.8. The maximum absolute atomic E-state index is 14.4. The van der Waals surface area contributed by atoms with Crippen molar-refractivity contribution in [1.82, 2.24) is 9.47 Å². The van der Waals surface area contributed by atoms with Crippen molar-refractivity contribution in [2.24, 2.45) is 4.99 Å². The van der Waals surface area contributed by atoms with E-state index in [1.54, 1.807) is 22.7 Å². The molecule has 7 nitrogen and oxygen atoms in total. The molecular weight excluding hydrogens is 788 g/mol. The topological polar surface area (TPSA) is 73.1 Å². The number of aromatic nitrogens is 1. The molecule has 0 fully saturated rings. The number of likely N-dealkylation sites (N-methyl/N-ethyl adjacent to an activating group) is 1. The second-order valence-corrected chi connectivity index (χ2v) is 13.2. The van der Waals surface area contributed by atoms with Crippen LogP contribution in [-0.4, -0.2) is 42.2 Å². The number of nitrogens with zero attached hydrogens (tertiary/aromatic N) is 3. The second-order valence-electron chi connectivity index (χ2n) is 9.88. The van der Waals surface area contributed by atoms with Crippen LogP contribution in [0.2, 0.25) is 0 Å². The highest BCUT2D eigenvalue weighted by Crippen LogP contribution is 2.40. The van der Waals surface area contributed by atoms with Crippen LogP contribution in [0.5, 0.6) is 11.5 Å². The third kappa shape index (κ3) is 5.93. The quantitative estimate of drug-likeness (QED) is 0.153. The molecule has 1 aliphatic heterocycles. The molecule has 0 spiro atoms. The highest BCUT2D eigenvalue weighted by atomic mass is 127. The molecule has 222 valence electrons. The SMILES string of the molecule is C=CCOc1c(I)cc(/C=c2/sc3n(c2=O)[C@H](c2c(OC)ccc4ccccc24)C(C(=O)N(CC)CC)=C(C)N=3)cc1I. The minimum atomic E-state index is -0.720. The molecule has 0 aliphatic carbocycles. The van der Waals surface area contributed by atoms with Gasteiger partial charge in [0.25, 0.3) is 11.5 Å². The van der Waals surface area contributed by atoms with E-state index in [1.807, 2.05) is 75.4 Å². The van der Waals surface area contributed by atoms with E-state index in [-0.39, 0.29) is 11.5 Å². The first-order valence-corrected chi connectivity index (χ1v) is 16.8. The maximum Gasteiger partial charge on any atom is 0.271 e. The fourth-order valence-corrected chi connectivity index (χ4v) is 8.55. The van der Waals surface area contributed by atoms with Crippen LogP contribution < -0.4 is 24.4 Å². The van der Waals surface area contributed by atoms with Crippen LogP contribution in [0.4, 0.5) is 0 Å². The molecule has 0 saturated heterocycles. The lowest BCUT2D eigenvalue weighted by Crippen LogP contribution is -2.43. The van der Waals surface area contributed by atoms with E-state index >= 15 is 0 Å². The van der Waals surface area contributed by atoms with E-state index in [0.717, 1.165) is 34.8 Å². The number of rotatable bonds is 9. The van der Waals surface area contributed by atoms with Gasteiger partial charge in [0.05, 0.1) is 30.1 Å². The van der Waals surface area contributed by atoms with Crippen molar-refractivity contribution in [3.05, 3.63) is 110 Å². The molecule has 0 N–H and O–H groups in total. The number of thiazole rings is 1. The molecule has 5 rings (SSSR count). The molecule has 4 aromatic rings. The maximum atomic E-state index is 14.4. The van der Waals surface area contributed by atoms with Gasteiger partial charge in [0, 0.05) is 18.7 Å². The molecule has 43 heavy (non-hydrogen) atoms. The lowest BCUT2D eigenvalue weighted by Gasteiger charge is -2.30. The Labute approximate surface area is 281 Å². The fourth-order valence-electron chi connectivity index (χ4n) is 5.38. The van der Waals surface area contributed by atoms with Crippen LogP contribution in [-0.2, 0) is 4.79 Å². The van der Waals surface area contributed by atoms with Gasteiger partial charge in [-0.05, 0) is 107 Å². The summed E-state index contributed by atoms with van der Waals surface area (Å²) in [6.07, 6.45) is 3.59. The zero-order valence-corrected chi connectivity index (χ0v) is 29.4. The molecule has 1 atom stereocenters. The number of halogens is 2. The van der Waals surface area contributed by atoms with Gasteiger partial charge in [0.1, 0.15) is 24.1 Å². The Balaban J connectivity index is 1.79. The molecule has 0 bridgehead atoms. The number of hydrogen-bond acceptors (Lipinski definition) is 6. The van der Waals surface area contributed by atoms with Crippen LogP contribution in [0.15, 0.2) is 82.2 Å². The summed E-state index contributed by atoms with van der Waals surface area (Å²) < 4.78 is 15.8. The van der Waals surface area contributed by atoms with E-state index < -0.39 is 6.04 Å². The summed E-state index contributed by atoms with van der Waals surface area (Å²) in [7, 11) is 1.62. The third-order valence-corrected chi connectivity index (χ3v) is 9.98. The van der Waals surface area contributed by atoms with E-state index in [2.05, 4.69) is 51.8 Å². The predicted molar refractivity (Wildman–Crippen MR) is 190 cm³/mol. The number of allylic oxidation sites excluding steroid dienone is 1. The van der Waals surface area contributed by atoms with Crippen molar-refractivity contribution in [3.63, 3.8) is 0 Å². The minimum Gasteiger partial charge on any atom is -0.496 e. The van der Waals surface area contributed by atoms with Gasteiger partial charge < -0.3 is 14.4 Å². The number of amides is 1. The molecule has 10 heteroatoms. The van der Waals surface area contributed by atoms with Crippen LogP contribution in [0.3, 0.4) is 0 Å². The molecule has 1 aromatic heterocycles. The fraction of sp³-hybridized carbons (Fsp3) is 0.242. The number of hydrogen-bond donors (Lipinski definition) is 0. The molecule has 2 heterocycles. The van der Waals surface area contributed by atoms with Gasteiger partial charge in [-0.25, -0.2) is 4.99 Å². The summed E-state index contributed by atoms with van der Waals surface area (Å²) in [5.74, 6) is 1.26. The Morgan fingerprint density at radius 2 is 1.84 bits per heavy atom. The van der Waals surface area contributed by atoms with Gasteiger partial charge >= 0.3 is 0 Å². The molecule has 0 radical (unpaired) electrons. The third-order valence-electron chi connectivity index (χ3n) is 7.39. The summed E-state index contributed by atoms with van der Waals surface area (Å²) in [6, 6.07) is 15.1. The Morgan fingerprint density at radius 1 is 1.14 bits per heavy atom. The highest BCUT2D eigenvalue weighted by Gasteiger charge is 2.36. The predicted octanol–water partition coefficient (Wildman–Crippen LogP) is 6.04. The largest absolute Gasteiger partial charge is 0.496 e. The van der Waals surface area contributed by atoms with E-state index in [0.29, 0.717) is 46.0 Å². The van der Waals surface area contributed by atoms with Gasteiger partial charge in [-0.3, -0.25) is 14.2 Å². The van der Waals surface area contributed by atoms with Gasteiger partial charge in [0.15, 0.2) is 4.80 Å². The van der Waals surface area contributed by atoms with Gasteiger partial charge in [-0.15, -0.1) is 0 Å². The van der Waals surface area contributed by atoms with Crippen molar-refractivity contribution < 1.29 is 14.3 Å². The lowest BCUT2D eigenvalue weighted by atomic mass is 9.90. The number of methoxy groups -OCH3 is 1. The van der Waals surface area contributed by atoms with E-state index in [4.69, 9.17) is 14.5 Å². The van der Waals surface area contributed by atoms with Crippen molar-refractivity contribution in [1.29, 1.82) is 0 Å². The number of benzene rings is 3. The molecule has 1 amide bonds. The number of carbonyl (C=O) groups excluding carboxylic acids is 1. The minimum absolute atomic E-state index is 0.139. The summed E-state index contributed by atoms with van der Waals surface area (Å²) >= 11 is 5.81. The van der Waals surface area contributed by atoms with Gasteiger partial charge in [0.2, 0.25) is 0 Å². The lowest BCUT2D eigenvalue weighted by molar-refractivity contribution is -0.127. The second kappa shape index (κ2) is 13.3. The first-order chi connectivity index (χ1) is 20.7. The summed E-state index contributed by atoms with van der Waals surface area (Å²) in [6.45, 7) is 11.0. The highest BCUT2D eigenvalue weighted by molar-refractivity contribution is 14.1. The van der Waals surface area contributed by atoms with Crippen molar-refractivity contribution in [2.75, 3.05) is 26.8 Å². The zero-order chi connectivity index (χ0) is 30.8. The first-order valence-electron chi connectivity index (χ1n) is 13.8. The molecule has 3 aromatic carbocycles. The average molecular weight is 820 g/mol. The molecule has 0 saturated carbocycles. The van der Waals surface area contributed by atoms with Crippen LogP contribution in [0.1, 0.15) is 37.9 Å². The average Bonchev–Trinajstić information content (AvgIpc) is 3.29. The Kier molecular flexibility index (Phi) is 9.76. The number of carbonyl (C=O) groups is 1. The standard InChI is InChI=1S/C33H31I2N3O4S/c1-6-15-42-30-23(34)16-20(17-24(30)35)18-26-31(39)38-29(28-22-12-10-9-11-21(22)13-14-25(28)41-5)27(19(4)36-33(38)43-26)32(40)37(7-2)8-3/h6,9-14,16-18,29H,1,7-8,15H2,2-5H3/b26-18+/t29-/m0/s1. The van der Waals surface area contributed by atoms with E-state index in [1.165, 1.54) is 11.3 Å². The number of ether oxygens (including phenoxy) is 2. The van der Waals surface area contributed by atoms with Crippen molar-refractivity contribution >= 4 is 79.3 Å². The van der Waals surface area contributed by atoms with Gasteiger partial charge in [-0.1, -0.05) is 54.3 Å². The van der Waals surface area contributed by atoms with Gasteiger partial charge in [-0.2, -0.15) is 0 Å². The zero-order valence-electron chi connectivity index (χ0n) is 24.3. The van der Waals surface area contributed by atoms with Crippen molar-refractivity contribution in [3.8, 4) is 11.5 Å². The summed E-state index contributed by atoms with van der Waals surface area (Å²) in [5.41, 5.74) is 2.51. The van der Waals surface area contributed by atoms with Crippen LogP contribution in [0, 0.1) is 7.14 Å².